The Balaban J connectivity index is 1.38. The fraction of sp³-hybridized carbons (Fsp3) is 0.500. The first-order valence-corrected chi connectivity index (χ1v) is 13.4. The van der Waals surface area contributed by atoms with Gasteiger partial charge in [0.25, 0.3) is 0 Å². The van der Waals surface area contributed by atoms with Crippen LogP contribution in [-0.4, -0.2) is 47.4 Å². The number of sulfonamides is 1. The molecule has 3 aliphatic carbocycles. The second kappa shape index (κ2) is 8.57. The predicted octanol–water partition coefficient (Wildman–Crippen LogP) is 4.12. The van der Waals surface area contributed by atoms with Crippen LogP contribution in [0.15, 0.2) is 47.9 Å². The van der Waals surface area contributed by atoms with Crippen molar-refractivity contribution in [3.63, 3.8) is 0 Å². The Hall–Kier alpha value is -2.58. The highest BCUT2D eigenvalue weighted by molar-refractivity contribution is 7.89. The number of fused-ring (bicyclic) bond motifs is 5. The molecule has 1 heterocycles. The topological polar surface area (TPSA) is 100 Å². The molecule has 1 saturated carbocycles. The Labute approximate surface area is 201 Å². The molecular formula is C26H31N3O4S. The molecule has 4 atom stereocenters. The number of rotatable bonds is 6. The molecule has 0 bridgehead atoms. The first kappa shape index (κ1) is 23.2. The molecule has 0 spiro atoms. The Bertz CT molecular complexity index is 1240. The molecule has 5 rings (SSSR count). The summed E-state index contributed by atoms with van der Waals surface area (Å²) in [4.78, 5) is 19.6. The van der Waals surface area contributed by atoms with Crippen molar-refractivity contribution in [2.24, 2.45) is 17.3 Å². The number of hydrogen-bond acceptors (Lipinski definition) is 5. The van der Waals surface area contributed by atoms with E-state index in [1.165, 1.54) is 18.2 Å². The van der Waals surface area contributed by atoms with Crippen LogP contribution >= 0.6 is 0 Å². The molecule has 3 unspecified atom stereocenters. The van der Waals surface area contributed by atoms with Crippen molar-refractivity contribution in [2.75, 3.05) is 13.6 Å². The van der Waals surface area contributed by atoms with Crippen LogP contribution in [0.25, 0.3) is 5.57 Å². The number of carbonyl (C=O) groups is 1. The molecule has 0 radical (unpaired) electrons. The van der Waals surface area contributed by atoms with Gasteiger partial charge in [-0.3, -0.25) is 4.79 Å². The third kappa shape index (κ3) is 3.77. The highest BCUT2D eigenvalue weighted by atomic mass is 32.2. The lowest BCUT2D eigenvalue weighted by Crippen LogP contribution is -2.41. The van der Waals surface area contributed by atoms with Gasteiger partial charge in [0, 0.05) is 31.5 Å². The molecule has 1 aromatic heterocycles. The van der Waals surface area contributed by atoms with E-state index in [9.17, 15) is 13.2 Å². The van der Waals surface area contributed by atoms with Gasteiger partial charge in [0.2, 0.25) is 10.0 Å². The maximum atomic E-state index is 13.0. The maximum absolute atomic E-state index is 13.0. The van der Waals surface area contributed by atoms with Crippen LogP contribution in [0.2, 0.25) is 0 Å². The largest absolute Gasteiger partial charge is 0.481 e. The minimum Gasteiger partial charge on any atom is -0.481 e. The molecule has 7 nitrogen and oxygen atoms in total. The molecule has 3 aliphatic rings. The second-order valence-corrected chi connectivity index (χ2v) is 12.2. The van der Waals surface area contributed by atoms with Crippen LogP contribution in [-0.2, 0) is 21.2 Å². The van der Waals surface area contributed by atoms with E-state index >= 15 is 0 Å². The first-order valence-electron chi connectivity index (χ1n) is 12.0. The van der Waals surface area contributed by atoms with Gasteiger partial charge in [-0.1, -0.05) is 19.1 Å². The number of carboxylic acids is 1. The monoisotopic (exact) mass is 481 g/mol. The SMILES string of the molecule is CN(CCC(=O)O)S(=O)(=O)c1ccc2c(c1)CCC1C2CC[C@]2(C)C(c3cncnc3)=CCC12. The Morgan fingerprint density at radius 2 is 2.00 bits per heavy atom. The van der Waals surface area contributed by atoms with Gasteiger partial charge >= 0.3 is 5.97 Å². The van der Waals surface area contributed by atoms with E-state index in [1.54, 1.807) is 12.4 Å². The molecule has 8 heteroatoms. The first-order chi connectivity index (χ1) is 16.2. The lowest BCUT2D eigenvalue weighted by molar-refractivity contribution is -0.137. The predicted molar refractivity (Wildman–Crippen MR) is 129 cm³/mol. The summed E-state index contributed by atoms with van der Waals surface area (Å²) in [6.07, 6.45) is 12.8. The van der Waals surface area contributed by atoms with Gasteiger partial charge in [0.05, 0.1) is 11.3 Å². The van der Waals surface area contributed by atoms with Gasteiger partial charge in [0.1, 0.15) is 6.33 Å². The van der Waals surface area contributed by atoms with Gasteiger partial charge in [-0.25, -0.2) is 22.7 Å². The van der Waals surface area contributed by atoms with Crippen LogP contribution in [0, 0.1) is 17.3 Å². The number of aliphatic carboxylic acids is 1. The lowest BCUT2D eigenvalue weighted by Gasteiger charge is -2.50. The summed E-state index contributed by atoms with van der Waals surface area (Å²) in [6, 6.07) is 5.55. The minimum absolute atomic E-state index is 0.0402. The summed E-state index contributed by atoms with van der Waals surface area (Å²) in [6.45, 7) is 2.36. The number of nitrogens with zero attached hydrogens (tertiary/aromatic N) is 3. The molecule has 1 N–H and O–H groups in total. The average molecular weight is 482 g/mol. The molecule has 1 fully saturated rings. The van der Waals surface area contributed by atoms with E-state index in [0.29, 0.717) is 17.8 Å². The van der Waals surface area contributed by atoms with E-state index in [4.69, 9.17) is 5.11 Å². The van der Waals surface area contributed by atoms with Crippen molar-refractivity contribution in [1.29, 1.82) is 0 Å². The van der Waals surface area contributed by atoms with E-state index in [0.717, 1.165) is 47.5 Å². The van der Waals surface area contributed by atoms with Crippen molar-refractivity contribution in [3.8, 4) is 0 Å². The normalized spacial score (nSPS) is 28.1. The Kier molecular flexibility index (Phi) is 5.84. The van der Waals surface area contributed by atoms with E-state index in [2.05, 4.69) is 23.0 Å². The summed E-state index contributed by atoms with van der Waals surface area (Å²) >= 11 is 0. The highest BCUT2D eigenvalue weighted by Crippen LogP contribution is 2.63. The molecular weight excluding hydrogens is 450 g/mol. The molecule has 0 amide bonds. The zero-order valence-corrected chi connectivity index (χ0v) is 20.5. The summed E-state index contributed by atoms with van der Waals surface area (Å²) in [5.74, 6) is 0.584. The second-order valence-electron chi connectivity index (χ2n) is 10.2. The Morgan fingerprint density at radius 1 is 1.24 bits per heavy atom. The molecule has 0 aliphatic heterocycles. The minimum atomic E-state index is -3.71. The van der Waals surface area contributed by atoms with E-state index in [1.807, 2.05) is 24.5 Å². The summed E-state index contributed by atoms with van der Waals surface area (Å²) in [5.41, 5.74) is 5.05. The highest BCUT2D eigenvalue weighted by Gasteiger charge is 2.52. The Morgan fingerprint density at radius 3 is 2.74 bits per heavy atom. The quantitative estimate of drug-likeness (QED) is 0.666. The van der Waals surface area contributed by atoms with Crippen LogP contribution in [0.1, 0.15) is 61.6 Å². The number of aryl methyl sites for hydroxylation is 1. The summed E-state index contributed by atoms with van der Waals surface area (Å²) in [7, 11) is -2.27. The van der Waals surface area contributed by atoms with Crippen LogP contribution in [0.4, 0.5) is 0 Å². The zero-order chi connectivity index (χ0) is 24.1. The van der Waals surface area contributed by atoms with Crippen molar-refractivity contribution in [1.82, 2.24) is 14.3 Å². The van der Waals surface area contributed by atoms with Crippen molar-refractivity contribution in [3.05, 3.63) is 59.7 Å². The number of allylic oxidation sites excluding steroid dienone is 2. The van der Waals surface area contributed by atoms with E-state index < -0.39 is 16.0 Å². The number of aromatic nitrogens is 2. The van der Waals surface area contributed by atoms with Gasteiger partial charge in [-0.2, -0.15) is 0 Å². The van der Waals surface area contributed by atoms with Crippen molar-refractivity contribution >= 4 is 21.6 Å². The standard InChI is InChI=1S/C26H31N3O4S/c1-26-11-9-21-20-6-4-19(34(32,33)29(2)12-10-25(30)31)13-17(20)3-5-22(21)24(26)8-7-23(26)18-14-27-16-28-15-18/h4,6-7,13-16,21-22,24H,3,5,8-12H2,1-2H3,(H,30,31)/t21?,22?,24?,26-/m1/s1. The molecule has 0 saturated heterocycles. The van der Waals surface area contributed by atoms with Gasteiger partial charge in [-0.15, -0.1) is 0 Å². The molecule has 34 heavy (non-hydrogen) atoms. The van der Waals surface area contributed by atoms with Crippen LogP contribution < -0.4 is 0 Å². The summed E-state index contributed by atoms with van der Waals surface area (Å²) in [5, 5.41) is 8.90. The van der Waals surface area contributed by atoms with Crippen molar-refractivity contribution in [2.45, 2.75) is 56.3 Å². The average Bonchev–Trinajstić information content (AvgIpc) is 3.19. The summed E-state index contributed by atoms with van der Waals surface area (Å²) < 4.78 is 27.1. The lowest BCUT2D eigenvalue weighted by atomic mass is 9.54. The third-order valence-corrected chi connectivity index (χ3v) is 10.4. The van der Waals surface area contributed by atoms with Gasteiger partial charge < -0.3 is 5.11 Å². The fourth-order valence-electron chi connectivity index (χ4n) is 6.73. The fourth-order valence-corrected chi connectivity index (χ4v) is 7.95. The van der Waals surface area contributed by atoms with Crippen LogP contribution in [0.3, 0.4) is 0 Å². The van der Waals surface area contributed by atoms with Crippen molar-refractivity contribution < 1.29 is 18.3 Å². The molecule has 1 aromatic carbocycles. The van der Waals surface area contributed by atoms with E-state index in [-0.39, 0.29) is 23.3 Å². The van der Waals surface area contributed by atoms with Gasteiger partial charge in [0.15, 0.2) is 0 Å². The molecule has 180 valence electrons. The smallest absolute Gasteiger partial charge is 0.304 e. The maximum Gasteiger partial charge on any atom is 0.304 e. The van der Waals surface area contributed by atoms with Crippen LogP contribution in [0.5, 0.6) is 0 Å². The van der Waals surface area contributed by atoms with Gasteiger partial charge in [-0.05, 0) is 84.1 Å². The zero-order valence-electron chi connectivity index (χ0n) is 19.6. The number of carboxylic acid groups (broad SMARTS) is 1. The number of benzene rings is 1. The third-order valence-electron chi connectivity index (χ3n) is 8.50. The number of hydrogen-bond donors (Lipinski definition) is 1. The molecule has 2 aromatic rings.